The Balaban J connectivity index is 0. The van der Waals surface area contributed by atoms with Gasteiger partial charge in [0.1, 0.15) is 0 Å². The van der Waals surface area contributed by atoms with Crippen LogP contribution >= 0.6 is 0 Å². The minimum Gasteiger partial charge on any atom is -0.475 e. The fraction of sp³-hybridized carbons (Fsp3) is 0.750. The van der Waals surface area contributed by atoms with E-state index in [-0.39, 0.29) is 18.4 Å². The fourth-order valence-electron chi connectivity index (χ4n) is 0.570. The second-order valence-electron chi connectivity index (χ2n) is 2.80. The Hall–Kier alpha value is -1.35. The van der Waals surface area contributed by atoms with Gasteiger partial charge in [0, 0.05) is 13.2 Å². The maximum atomic E-state index is 10.6. The third-order valence-electron chi connectivity index (χ3n) is 1.28. The first-order chi connectivity index (χ1) is 7.65. The third kappa shape index (κ3) is 12.6. The zero-order chi connectivity index (χ0) is 14.1. The Morgan fingerprint density at radius 3 is 2.00 bits per heavy atom. The van der Waals surface area contributed by atoms with Crippen LogP contribution in [0.3, 0.4) is 0 Å². The summed E-state index contributed by atoms with van der Waals surface area (Å²) < 4.78 is 40.8. The van der Waals surface area contributed by atoms with E-state index in [0.29, 0.717) is 6.61 Å². The van der Waals surface area contributed by atoms with Crippen LogP contribution in [0.2, 0.25) is 0 Å². The Labute approximate surface area is 95.5 Å². The normalized spacial score (nSPS) is 12.1. The molecule has 0 aliphatic carbocycles. The van der Waals surface area contributed by atoms with Crippen LogP contribution in [0.15, 0.2) is 0 Å². The first-order valence-electron chi connectivity index (χ1n) is 4.26. The van der Waals surface area contributed by atoms with Gasteiger partial charge in [0.2, 0.25) is 0 Å². The highest BCUT2D eigenvalue weighted by Crippen LogP contribution is 2.13. The van der Waals surface area contributed by atoms with Gasteiger partial charge in [0.05, 0.1) is 20.1 Å². The van der Waals surface area contributed by atoms with Crippen LogP contribution in [0, 0.1) is 0 Å². The molecule has 0 saturated heterocycles. The summed E-state index contributed by atoms with van der Waals surface area (Å²) in [5.41, 5.74) is 5.43. The average molecular weight is 261 g/mol. The zero-order valence-electron chi connectivity index (χ0n) is 9.28. The molecule has 0 spiro atoms. The molecule has 102 valence electrons. The predicted octanol–water partition coefficient (Wildman–Crippen LogP) is 0.157. The van der Waals surface area contributed by atoms with Crippen LogP contribution in [0.4, 0.5) is 13.2 Å². The number of carboxylic acid groups (broad SMARTS) is 1. The van der Waals surface area contributed by atoms with Gasteiger partial charge in [-0.15, -0.1) is 0 Å². The number of methoxy groups -OCH3 is 2. The van der Waals surface area contributed by atoms with Crippen molar-refractivity contribution in [3.05, 3.63) is 0 Å². The number of aliphatic carboxylic acids is 1. The summed E-state index contributed by atoms with van der Waals surface area (Å²) >= 11 is 0. The van der Waals surface area contributed by atoms with Crippen molar-refractivity contribution in [2.24, 2.45) is 5.73 Å². The molecule has 0 aromatic heterocycles. The number of hydrogen-bond donors (Lipinski definition) is 2. The number of carboxylic acids is 1. The van der Waals surface area contributed by atoms with Crippen LogP contribution in [-0.2, 0) is 19.1 Å². The number of carbonyl (C=O) groups is 2. The van der Waals surface area contributed by atoms with E-state index in [1.165, 1.54) is 14.2 Å². The molecular weight excluding hydrogens is 247 g/mol. The largest absolute Gasteiger partial charge is 0.490 e. The highest BCUT2D eigenvalue weighted by atomic mass is 19.4. The summed E-state index contributed by atoms with van der Waals surface area (Å²) in [6, 6.07) is -0.252. The van der Waals surface area contributed by atoms with E-state index in [2.05, 4.69) is 4.74 Å². The van der Waals surface area contributed by atoms with Crippen LogP contribution in [-0.4, -0.2) is 50.1 Å². The lowest BCUT2D eigenvalue weighted by molar-refractivity contribution is -0.192. The van der Waals surface area contributed by atoms with E-state index in [9.17, 15) is 18.0 Å². The van der Waals surface area contributed by atoms with E-state index in [1.54, 1.807) is 0 Å². The van der Waals surface area contributed by atoms with Crippen molar-refractivity contribution in [2.75, 3.05) is 20.8 Å². The maximum Gasteiger partial charge on any atom is 0.490 e. The Kier molecular flexibility index (Phi) is 9.29. The lowest BCUT2D eigenvalue weighted by Crippen LogP contribution is -2.28. The molecule has 0 aliphatic rings. The van der Waals surface area contributed by atoms with Gasteiger partial charge < -0.3 is 20.3 Å². The van der Waals surface area contributed by atoms with E-state index in [1.807, 2.05) is 0 Å². The molecule has 1 unspecified atom stereocenters. The first kappa shape index (κ1) is 18.0. The van der Waals surface area contributed by atoms with Gasteiger partial charge in [0.25, 0.3) is 0 Å². The van der Waals surface area contributed by atoms with Gasteiger partial charge in [0.15, 0.2) is 0 Å². The number of esters is 1. The van der Waals surface area contributed by atoms with Gasteiger partial charge in [-0.25, -0.2) is 4.79 Å². The molecule has 17 heavy (non-hydrogen) atoms. The Morgan fingerprint density at radius 1 is 1.35 bits per heavy atom. The predicted molar refractivity (Wildman–Crippen MR) is 50.2 cm³/mol. The molecule has 0 rings (SSSR count). The minimum atomic E-state index is -5.08. The molecule has 6 nitrogen and oxygen atoms in total. The number of nitrogens with two attached hydrogens (primary N) is 1. The highest BCUT2D eigenvalue weighted by Gasteiger charge is 2.38. The standard InChI is InChI=1S/C6H13NO3.C2HF3O2/c1-9-4-5(7)3-6(8)10-2;3-2(4,5)1(6)7/h5H,3-4,7H2,1-2H3;(H,6,7). The van der Waals surface area contributed by atoms with Gasteiger partial charge >= 0.3 is 18.1 Å². The summed E-state index contributed by atoms with van der Waals surface area (Å²) in [5.74, 6) is -3.06. The molecule has 3 N–H and O–H groups in total. The van der Waals surface area contributed by atoms with Gasteiger partial charge in [-0.1, -0.05) is 0 Å². The summed E-state index contributed by atoms with van der Waals surface area (Å²) in [5, 5.41) is 7.12. The minimum absolute atomic E-state index is 0.213. The summed E-state index contributed by atoms with van der Waals surface area (Å²) in [7, 11) is 2.87. The van der Waals surface area contributed by atoms with Crippen molar-refractivity contribution in [1.82, 2.24) is 0 Å². The highest BCUT2D eigenvalue weighted by molar-refractivity contribution is 5.73. The van der Waals surface area contributed by atoms with E-state index in [0.717, 1.165) is 0 Å². The first-order valence-corrected chi connectivity index (χ1v) is 4.26. The number of ether oxygens (including phenoxy) is 2. The number of halogens is 3. The summed E-state index contributed by atoms with van der Waals surface area (Å²) in [6.07, 6.45) is -4.87. The summed E-state index contributed by atoms with van der Waals surface area (Å²) in [4.78, 5) is 19.4. The van der Waals surface area contributed by atoms with E-state index >= 15 is 0 Å². The number of rotatable bonds is 4. The quantitative estimate of drug-likeness (QED) is 0.699. The number of carbonyl (C=O) groups excluding carboxylic acids is 1. The Morgan fingerprint density at radius 2 is 1.76 bits per heavy atom. The molecule has 0 amide bonds. The average Bonchev–Trinajstić information content (AvgIpc) is 2.17. The van der Waals surface area contributed by atoms with E-state index in [4.69, 9.17) is 20.4 Å². The van der Waals surface area contributed by atoms with Gasteiger partial charge in [-0.3, -0.25) is 4.79 Å². The van der Waals surface area contributed by atoms with Crippen molar-refractivity contribution in [3.8, 4) is 0 Å². The fourth-order valence-corrected chi connectivity index (χ4v) is 0.570. The maximum absolute atomic E-state index is 10.6. The molecule has 0 aromatic rings. The zero-order valence-corrected chi connectivity index (χ0v) is 9.28. The van der Waals surface area contributed by atoms with Crippen molar-refractivity contribution >= 4 is 11.9 Å². The Bertz CT molecular complexity index is 244. The molecule has 0 aliphatic heterocycles. The van der Waals surface area contributed by atoms with Crippen molar-refractivity contribution in [3.63, 3.8) is 0 Å². The lowest BCUT2D eigenvalue weighted by Gasteiger charge is -2.07. The topological polar surface area (TPSA) is 98.9 Å². The third-order valence-corrected chi connectivity index (χ3v) is 1.28. The molecule has 0 fully saturated rings. The van der Waals surface area contributed by atoms with Crippen LogP contribution < -0.4 is 5.73 Å². The number of alkyl halides is 3. The van der Waals surface area contributed by atoms with Crippen molar-refractivity contribution in [1.29, 1.82) is 0 Å². The second-order valence-corrected chi connectivity index (χ2v) is 2.80. The molecule has 0 heterocycles. The van der Waals surface area contributed by atoms with E-state index < -0.39 is 12.1 Å². The van der Waals surface area contributed by atoms with Crippen molar-refractivity contribution < 1.29 is 37.3 Å². The monoisotopic (exact) mass is 261 g/mol. The molecule has 0 aromatic carbocycles. The lowest BCUT2D eigenvalue weighted by atomic mass is 10.2. The molecule has 0 bridgehead atoms. The van der Waals surface area contributed by atoms with Crippen LogP contribution in [0.1, 0.15) is 6.42 Å². The molecular formula is C8H14F3NO5. The van der Waals surface area contributed by atoms with Crippen LogP contribution in [0.5, 0.6) is 0 Å². The smallest absolute Gasteiger partial charge is 0.475 e. The number of hydrogen-bond acceptors (Lipinski definition) is 5. The second kappa shape index (κ2) is 8.76. The molecule has 9 heteroatoms. The molecule has 0 saturated carbocycles. The molecule has 1 atom stereocenters. The van der Waals surface area contributed by atoms with Crippen LogP contribution in [0.25, 0.3) is 0 Å². The molecule has 0 radical (unpaired) electrons. The van der Waals surface area contributed by atoms with Gasteiger partial charge in [-0.2, -0.15) is 13.2 Å². The van der Waals surface area contributed by atoms with Gasteiger partial charge in [-0.05, 0) is 0 Å². The van der Waals surface area contributed by atoms with Crippen molar-refractivity contribution in [2.45, 2.75) is 18.6 Å². The summed E-state index contributed by atoms with van der Waals surface area (Å²) in [6.45, 7) is 0.384. The SMILES string of the molecule is COCC(N)CC(=O)OC.O=C(O)C(F)(F)F.